The van der Waals surface area contributed by atoms with E-state index >= 15 is 4.39 Å². The van der Waals surface area contributed by atoms with Crippen molar-refractivity contribution in [3.05, 3.63) is 58.9 Å². The molecule has 0 amide bonds. The Bertz CT molecular complexity index is 707. The van der Waals surface area contributed by atoms with Crippen LogP contribution in [0.1, 0.15) is 24.1 Å². The molecule has 1 aliphatic heterocycles. The maximum Gasteiger partial charge on any atom is 0.416 e. The van der Waals surface area contributed by atoms with Crippen LogP contribution in [-0.4, -0.2) is 18.1 Å². The van der Waals surface area contributed by atoms with Crippen molar-refractivity contribution in [3.8, 4) is 0 Å². The Labute approximate surface area is 142 Å². The van der Waals surface area contributed by atoms with Gasteiger partial charge in [0, 0.05) is 37.8 Å². The van der Waals surface area contributed by atoms with Gasteiger partial charge in [-0.2, -0.15) is 13.2 Å². The predicted molar refractivity (Wildman–Crippen MR) is 84.9 cm³/mol. The predicted octanol–water partition coefficient (Wildman–Crippen LogP) is 5.22. The zero-order valence-corrected chi connectivity index (χ0v) is 13.4. The van der Waals surface area contributed by atoms with Crippen molar-refractivity contribution in [2.24, 2.45) is 0 Å². The Balaban J connectivity index is 1.72. The average molecular weight is 359 g/mol. The lowest BCUT2D eigenvalue weighted by molar-refractivity contribution is -0.137. The monoisotopic (exact) mass is 358 g/mol. The molecule has 3 rings (SSSR count). The lowest BCUT2D eigenvalue weighted by Gasteiger charge is -2.37. The summed E-state index contributed by atoms with van der Waals surface area (Å²) in [6.45, 7) is 0.767. The molecule has 2 aromatic rings. The minimum Gasteiger partial charge on any atom is -0.371 e. The van der Waals surface area contributed by atoms with E-state index in [-0.39, 0.29) is 18.5 Å². The summed E-state index contributed by atoms with van der Waals surface area (Å²) in [4.78, 5) is 5.93. The molecule has 0 aliphatic carbocycles. The molecule has 2 nitrogen and oxygen atoms in total. The molecule has 1 aromatic carbocycles. The van der Waals surface area contributed by atoms with E-state index in [1.54, 1.807) is 12.1 Å². The highest BCUT2D eigenvalue weighted by Crippen LogP contribution is 2.40. The third kappa shape index (κ3) is 3.34. The van der Waals surface area contributed by atoms with Crippen LogP contribution in [0.4, 0.5) is 23.2 Å². The molecule has 0 spiro atoms. The van der Waals surface area contributed by atoms with Gasteiger partial charge in [-0.05, 0) is 36.4 Å². The van der Waals surface area contributed by atoms with Gasteiger partial charge in [0.05, 0.1) is 16.3 Å². The molecule has 0 saturated carbocycles. The number of hydrogen-bond acceptors (Lipinski definition) is 2. The van der Waals surface area contributed by atoms with Crippen LogP contribution in [0.15, 0.2) is 42.6 Å². The van der Waals surface area contributed by atoms with Crippen molar-refractivity contribution >= 4 is 17.3 Å². The van der Waals surface area contributed by atoms with Crippen molar-refractivity contribution in [1.29, 1.82) is 0 Å². The molecule has 1 aromatic heterocycles. The second-order valence-corrected chi connectivity index (χ2v) is 6.24. The van der Waals surface area contributed by atoms with Crippen molar-refractivity contribution in [2.45, 2.75) is 24.7 Å². The standard InChI is InChI=1S/C17H15ClF4N2/c18-14-2-1-9-23-15(14)16(19)7-10-24(11-8-16)13-5-3-12(4-6-13)17(20,21)22/h1-6,9H,7-8,10-11H2. The van der Waals surface area contributed by atoms with Crippen molar-refractivity contribution in [1.82, 2.24) is 4.98 Å². The number of aromatic nitrogens is 1. The second kappa shape index (κ2) is 6.24. The summed E-state index contributed by atoms with van der Waals surface area (Å²) in [6, 6.07) is 8.17. The summed E-state index contributed by atoms with van der Waals surface area (Å²) in [6.07, 6.45) is -2.48. The van der Waals surface area contributed by atoms with E-state index in [4.69, 9.17) is 11.6 Å². The number of hydrogen-bond donors (Lipinski definition) is 0. The molecule has 7 heteroatoms. The first-order valence-electron chi connectivity index (χ1n) is 7.52. The lowest BCUT2D eigenvalue weighted by Crippen LogP contribution is -2.40. The summed E-state index contributed by atoms with van der Waals surface area (Å²) in [5, 5.41) is 0.294. The third-order valence-corrected chi connectivity index (χ3v) is 4.60. The summed E-state index contributed by atoms with van der Waals surface area (Å²) in [5.74, 6) is 0. The van der Waals surface area contributed by atoms with Crippen LogP contribution in [0.25, 0.3) is 0 Å². The Morgan fingerprint density at radius 3 is 2.21 bits per heavy atom. The molecular formula is C17H15ClF4N2. The minimum absolute atomic E-state index is 0.185. The number of piperidine rings is 1. The van der Waals surface area contributed by atoms with Crippen molar-refractivity contribution in [3.63, 3.8) is 0 Å². The third-order valence-electron chi connectivity index (χ3n) is 4.30. The van der Waals surface area contributed by atoms with Gasteiger partial charge < -0.3 is 4.90 Å². The van der Waals surface area contributed by atoms with E-state index in [1.807, 2.05) is 4.90 Å². The van der Waals surface area contributed by atoms with Crippen LogP contribution in [-0.2, 0) is 11.8 Å². The van der Waals surface area contributed by atoms with Crippen LogP contribution in [0.2, 0.25) is 5.02 Å². The summed E-state index contributed by atoms with van der Waals surface area (Å²) in [5.41, 5.74) is -1.42. The largest absolute Gasteiger partial charge is 0.416 e. The van der Waals surface area contributed by atoms with Gasteiger partial charge in [-0.25, -0.2) is 4.39 Å². The fourth-order valence-corrected chi connectivity index (χ4v) is 3.22. The van der Waals surface area contributed by atoms with E-state index in [2.05, 4.69) is 4.98 Å². The van der Waals surface area contributed by atoms with Crippen molar-refractivity contribution < 1.29 is 17.6 Å². The number of halogens is 5. The molecule has 1 aliphatic rings. The number of alkyl halides is 4. The van der Waals surface area contributed by atoms with E-state index in [0.717, 1.165) is 12.1 Å². The van der Waals surface area contributed by atoms with E-state index < -0.39 is 17.4 Å². The van der Waals surface area contributed by atoms with Crippen molar-refractivity contribution in [2.75, 3.05) is 18.0 Å². The van der Waals surface area contributed by atoms with Gasteiger partial charge >= 0.3 is 6.18 Å². The fourth-order valence-electron chi connectivity index (χ4n) is 2.93. The van der Waals surface area contributed by atoms with Crippen LogP contribution >= 0.6 is 11.6 Å². The smallest absolute Gasteiger partial charge is 0.371 e. The molecule has 0 bridgehead atoms. The number of pyridine rings is 1. The van der Waals surface area contributed by atoms with Gasteiger partial charge in [0.25, 0.3) is 0 Å². The van der Waals surface area contributed by atoms with Gasteiger partial charge in [-0.1, -0.05) is 11.6 Å². The Morgan fingerprint density at radius 2 is 1.67 bits per heavy atom. The molecule has 0 radical (unpaired) electrons. The summed E-state index contributed by atoms with van der Waals surface area (Å²) in [7, 11) is 0. The highest BCUT2D eigenvalue weighted by atomic mass is 35.5. The zero-order chi connectivity index (χ0) is 17.4. The van der Waals surface area contributed by atoms with Gasteiger partial charge in [0.2, 0.25) is 0 Å². The number of benzene rings is 1. The molecule has 0 N–H and O–H groups in total. The van der Waals surface area contributed by atoms with Gasteiger partial charge in [0.15, 0.2) is 5.67 Å². The Morgan fingerprint density at radius 1 is 1.04 bits per heavy atom. The Kier molecular flexibility index (Phi) is 4.42. The lowest BCUT2D eigenvalue weighted by atomic mass is 9.89. The van der Waals surface area contributed by atoms with Gasteiger partial charge in [-0.15, -0.1) is 0 Å². The SMILES string of the molecule is FC(F)(F)c1ccc(N2CCC(F)(c3ncccc3Cl)CC2)cc1. The normalized spacial score (nSPS) is 17.8. The molecule has 24 heavy (non-hydrogen) atoms. The van der Waals surface area contributed by atoms with E-state index in [1.165, 1.54) is 18.3 Å². The second-order valence-electron chi connectivity index (χ2n) is 5.83. The van der Waals surface area contributed by atoms with E-state index in [9.17, 15) is 13.2 Å². The van der Waals surface area contributed by atoms with E-state index in [0.29, 0.717) is 23.8 Å². The molecule has 1 fully saturated rings. The fraction of sp³-hybridized carbons (Fsp3) is 0.353. The molecule has 0 unspecified atom stereocenters. The Hall–Kier alpha value is -1.82. The topological polar surface area (TPSA) is 16.1 Å². The van der Waals surface area contributed by atoms with Crippen LogP contribution < -0.4 is 4.90 Å². The summed E-state index contributed by atoms with van der Waals surface area (Å²) < 4.78 is 53.0. The quantitative estimate of drug-likeness (QED) is 0.684. The minimum atomic E-state index is -4.36. The number of nitrogens with zero attached hydrogens (tertiary/aromatic N) is 2. The highest BCUT2D eigenvalue weighted by Gasteiger charge is 2.39. The first-order chi connectivity index (χ1) is 11.3. The van der Waals surface area contributed by atoms with Gasteiger partial charge in [-0.3, -0.25) is 4.98 Å². The molecular weight excluding hydrogens is 344 g/mol. The van der Waals surface area contributed by atoms with Crippen LogP contribution in [0.3, 0.4) is 0 Å². The summed E-state index contributed by atoms with van der Waals surface area (Å²) >= 11 is 6.04. The molecule has 0 atom stereocenters. The average Bonchev–Trinajstić information content (AvgIpc) is 2.55. The van der Waals surface area contributed by atoms with Crippen LogP contribution in [0.5, 0.6) is 0 Å². The number of rotatable bonds is 2. The number of anilines is 1. The molecule has 1 saturated heterocycles. The highest BCUT2D eigenvalue weighted by molar-refractivity contribution is 6.31. The first kappa shape index (κ1) is 17.0. The van der Waals surface area contributed by atoms with Crippen LogP contribution in [0, 0.1) is 0 Å². The molecule has 128 valence electrons. The maximum absolute atomic E-state index is 15.2. The first-order valence-corrected chi connectivity index (χ1v) is 7.89. The maximum atomic E-state index is 15.2. The molecule has 2 heterocycles. The van der Waals surface area contributed by atoms with Gasteiger partial charge in [0.1, 0.15) is 0 Å². The zero-order valence-electron chi connectivity index (χ0n) is 12.7.